The molecule has 2 N–H and O–H groups in total. The predicted molar refractivity (Wildman–Crippen MR) is 93.8 cm³/mol. The summed E-state index contributed by atoms with van der Waals surface area (Å²) < 4.78 is 10.4. The summed E-state index contributed by atoms with van der Waals surface area (Å²) in [5, 5.41) is 24.8. The van der Waals surface area contributed by atoms with E-state index < -0.39 is 11.7 Å². The van der Waals surface area contributed by atoms with Crippen LogP contribution >= 0.6 is 0 Å². The Hall–Kier alpha value is -3.48. The Balaban J connectivity index is 1.71. The lowest BCUT2D eigenvalue weighted by Gasteiger charge is -2.11. The van der Waals surface area contributed by atoms with Crippen LogP contribution in [0.3, 0.4) is 0 Å². The van der Waals surface area contributed by atoms with Gasteiger partial charge in [0.05, 0.1) is 18.4 Å². The Kier molecular flexibility index (Phi) is 3.76. The highest BCUT2D eigenvalue weighted by molar-refractivity contribution is 6.11. The first-order chi connectivity index (χ1) is 12.6. The number of methoxy groups -OCH3 is 1. The van der Waals surface area contributed by atoms with Crippen LogP contribution in [0.4, 0.5) is 0 Å². The van der Waals surface area contributed by atoms with Gasteiger partial charge in [-0.2, -0.15) is 0 Å². The fraction of sp³-hybridized carbons (Fsp3) is 0.158. The molecule has 0 saturated heterocycles. The molecule has 0 amide bonds. The van der Waals surface area contributed by atoms with Crippen LogP contribution in [0.1, 0.15) is 23.7 Å². The molecule has 0 fully saturated rings. The number of hydrogen-bond acceptors (Lipinski definition) is 7. The number of nitrogens with zero attached hydrogens (tertiary/aromatic N) is 1. The Morgan fingerprint density at radius 3 is 2.69 bits per heavy atom. The minimum Gasteiger partial charge on any atom is -0.507 e. The number of rotatable bonds is 3. The average molecular weight is 353 g/mol. The molecule has 0 radical (unpaired) electrons. The van der Waals surface area contributed by atoms with Gasteiger partial charge in [-0.1, -0.05) is 11.2 Å². The molecule has 0 aliphatic carbocycles. The third kappa shape index (κ3) is 2.63. The summed E-state index contributed by atoms with van der Waals surface area (Å²) in [7, 11) is 1.46. The summed E-state index contributed by atoms with van der Waals surface area (Å²) in [5.74, 6) is 0.320. The summed E-state index contributed by atoms with van der Waals surface area (Å²) in [4.78, 5) is 17.1. The van der Waals surface area contributed by atoms with Crippen LogP contribution in [-0.2, 0) is 4.84 Å². The van der Waals surface area contributed by atoms with Crippen LogP contribution in [0.25, 0.3) is 11.0 Å². The Morgan fingerprint density at radius 1 is 1.12 bits per heavy atom. The second kappa shape index (κ2) is 6.11. The van der Waals surface area contributed by atoms with Gasteiger partial charge >= 0.3 is 5.63 Å². The van der Waals surface area contributed by atoms with Gasteiger partial charge in [-0.25, -0.2) is 4.79 Å². The number of fused-ring (bicyclic) bond motifs is 1. The van der Waals surface area contributed by atoms with Crippen molar-refractivity contribution in [1.29, 1.82) is 0 Å². The molecule has 1 atom stereocenters. The van der Waals surface area contributed by atoms with Crippen molar-refractivity contribution in [2.75, 3.05) is 7.11 Å². The van der Waals surface area contributed by atoms with Gasteiger partial charge in [0.15, 0.2) is 23.2 Å². The average Bonchev–Trinajstić information content (AvgIpc) is 3.11. The van der Waals surface area contributed by atoms with Gasteiger partial charge in [-0.05, 0) is 35.9 Å². The van der Waals surface area contributed by atoms with Crippen molar-refractivity contribution in [3.05, 3.63) is 64.0 Å². The second-order valence-corrected chi connectivity index (χ2v) is 5.90. The number of oxime groups is 1. The van der Waals surface area contributed by atoms with E-state index in [9.17, 15) is 15.0 Å². The Bertz CT molecular complexity index is 1090. The van der Waals surface area contributed by atoms with Crippen molar-refractivity contribution < 1.29 is 24.2 Å². The van der Waals surface area contributed by atoms with E-state index >= 15 is 0 Å². The Morgan fingerprint density at radius 2 is 1.88 bits per heavy atom. The molecule has 3 aromatic rings. The third-order valence-electron chi connectivity index (χ3n) is 4.30. The maximum Gasteiger partial charge on any atom is 0.336 e. The minimum atomic E-state index is -0.510. The topological polar surface area (TPSA) is 101 Å². The predicted octanol–water partition coefficient (Wildman–Crippen LogP) is 3.08. The molecule has 7 heteroatoms. The van der Waals surface area contributed by atoms with E-state index in [1.807, 2.05) is 0 Å². The number of phenolic OH excluding ortho intramolecular Hbond substituents is 2. The molecule has 4 rings (SSSR count). The normalized spacial score (nSPS) is 16.3. The lowest BCUT2D eigenvalue weighted by Crippen LogP contribution is -2.05. The summed E-state index contributed by atoms with van der Waals surface area (Å²) in [5.41, 5.74) is 1.33. The summed E-state index contributed by atoms with van der Waals surface area (Å²) >= 11 is 0. The maximum atomic E-state index is 11.6. The highest BCUT2D eigenvalue weighted by Crippen LogP contribution is 2.37. The second-order valence-electron chi connectivity index (χ2n) is 5.90. The molecule has 0 spiro atoms. The molecule has 7 nitrogen and oxygen atoms in total. The Labute approximate surface area is 147 Å². The molecule has 1 aliphatic rings. The van der Waals surface area contributed by atoms with Crippen molar-refractivity contribution in [3.8, 4) is 17.2 Å². The van der Waals surface area contributed by atoms with E-state index in [4.69, 9.17) is 14.0 Å². The molecule has 1 unspecified atom stereocenters. The summed E-state index contributed by atoms with van der Waals surface area (Å²) in [6.45, 7) is 0. The van der Waals surface area contributed by atoms with Crippen molar-refractivity contribution in [1.82, 2.24) is 0 Å². The van der Waals surface area contributed by atoms with Crippen molar-refractivity contribution in [2.24, 2.45) is 5.16 Å². The van der Waals surface area contributed by atoms with E-state index in [2.05, 4.69) is 5.16 Å². The zero-order valence-electron chi connectivity index (χ0n) is 13.8. The van der Waals surface area contributed by atoms with Crippen molar-refractivity contribution >= 4 is 16.7 Å². The molecule has 0 bridgehead atoms. The van der Waals surface area contributed by atoms with Gasteiger partial charge in [-0.15, -0.1) is 0 Å². The lowest BCUT2D eigenvalue weighted by molar-refractivity contribution is 0.0855. The number of phenols is 2. The largest absolute Gasteiger partial charge is 0.507 e. The number of aromatic hydroxyl groups is 2. The van der Waals surface area contributed by atoms with E-state index in [0.29, 0.717) is 28.8 Å². The van der Waals surface area contributed by atoms with Gasteiger partial charge < -0.3 is 24.2 Å². The highest BCUT2D eigenvalue weighted by atomic mass is 16.6. The van der Waals surface area contributed by atoms with Gasteiger partial charge in [-0.3, -0.25) is 0 Å². The molecule has 0 saturated carbocycles. The van der Waals surface area contributed by atoms with Crippen LogP contribution in [0.5, 0.6) is 17.2 Å². The first-order valence-corrected chi connectivity index (χ1v) is 7.92. The van der Waals surface area contributed by atoms with Crippen molar-refractivity contribution in [2.45, 2.75) is 12.5 Å². The first kappa shape index (κ1) is 16.0. The van der Waals surface area contributed by atoms with Gasteiger partial charge in [0.25, 0.3) is 0 Å². The molecular formula is C19H15NO6. The molecule has 1 aliphatic heterocycles. The molecular weight excluding hydrogens is 338 g/mol. The van der Waals surface area contributed by atoms with E-state index in [-0.39, 0.29) is 17.1 Å². The zero-order valence-corrected chi connectivity index (χ0v) is 13.8. The maximum absolute atomic E-state index is 11.6. The van der Waals surface area contributed by atoms with Crippen LogP contribution < -0.4 is 10.4 Å². The molecule has 2 heterocycles. The van der Waals surface area contributed by atoms with Crippen LogP contribution in [0, 0.1) is 0 Å². The van der Waals surface area contributed by atoms with E-state index in [1.165, 1.54) is 25.3 Å². The van der Waals surface area contributed by atoms with E-state index in [1.54, 1.807) is 24.3 Å². The lowest BCUT2D eigenvalue weighted by atomic mass is 9.98. The smallest absolute Gasteiger partial charge is 0.336 e. The highest BCUT2D eigenvalue weighted by Gasteiger charge is 2.28. The third-order valence-corrected chi connectivity index (χ3v) is 4.30. The minimum absolute atomic E-state index is 0.0314. The number of hydrogen-bond donors (Lipinski definition) is 2. The van der Waals surface area contributed by atoms with Crippen LogP contribution in [0.15, 0.2) is 56.8 Å². The quantitative estimate of drug-likeness (QED) is 0.702. The summed E-state index contributed by atoms with van der Waals surface area (Å²) in [6, 6.07) is 11.0. The van der Waals surface area contributed by atoms with Crippen LogP contribution in [-0.4, -0.2) is 23.0 Å². The van der Waals surface area contributed by atoms with Crippen LogP contribution in [0.2, 0.25) is 0 Å². The van der Waals surface area contributed by atoms with Gasteiger partial charge in [0, 0.05) is 17.9 Å². The molecule has 1 aromatic heterocycles. The van der Waals surface area contributed by atoms with Crippen molar-refractivity contribution in [3.63, 3.8) is 0 Å². The molecule has 26 heavy (non-hydrogen) atoms. The fourth-order valence-corrected chi connectivity index (χ4v) is 3.00. The monoisotopic (exact) mass is 353 g/mol. The molecule has 132 valence electrons. The number of benzene rings is 2. The van der Waals surface area contributed by atoms with Gasteiger partial charge in [0.2, 0.25) is 0 Å². The fourth-order valence-electron chi connectivity index (χ4n) is 3.00. The first-order valence-electron chi connectivity index (χ1n) is 7.92. The number of ether oxygens (including phenoxy) is 1. The zero-order chi connectivity index (χ0) is 18.3. The molecule has 2 aromatic carbocycles. The standard InChI is InChI=1S/C19H15NO6/c1-24-16-8-11(3-5-13(16)21)15-9-12(20-26-15)18-14(22)6-2-10-4-7-17(23)25-19(10)18/h2-8,15,21-22H,9H2,1H3. The SMILES string of the molecule is COc1cc(C2CC(c3c(O)ccc4ccc(=O)oc34)=NO2)ccc1O. The van der Waals surface area contributed by atoms with Gasteiger partial charge in [0.1, 0.15) is 5.75 Å². The summed E-state index contributed by atoms with van der Waals surface area (Å²) in [6.07, 6.45) is -0.0521. The van der Waals surface area contributed by atoms with E-state index in [0.717, 1.165) is 5.56 Å².